The highest BCUT2D eigenvalue weighted by Gasteiger charge is 2.78. The Labute approximate surface area is 179 Å². The number of esters is 2. The normalized spacial score (nSPS) is 50.8. The van der Waals surface area contributed by atoms with Crippen LogP contribution in [0.25, 0.3) is 0 Å². The van der Waals surface area contributed by atoms with Crippen molar-refractivity contribution in [1.29, 1.82) is 0 Å². The second-order valence-electron chi connectivity index (χ2n) is 11.4. The van der Waals surface area contributed by atoms with Crippen molar-refractivity contribution in [2.24, 2.45) is 39.9 Å². The summed E-state index contributed by atoms with van der Waals surface area (Å²) in [6.07, 6.45) is 4.62. The Hall–Kier alpha value is -1.14. The molecular weight excluding hydrogens is 384 g/mol. The van der Waals surface area contributed by atoms with E-state index in [-0.39, 0.29) is 40.5 Å². The minimum atomic E-state index is -1.07. The predicted molar refractivity (Wildman–Crippen MR) is 108 cm³/mol. The van der Waals surface area contributed by atoms with Gasteiger partial charge >= 0.3 is 11.9 Å². The third-order valence-corrected chi connectivity index (χ3v) is 9.71. The molecule has 1 spiro atoms. The van der Waals surface area contributed by atoms with Crippen molar-refractivity contribution < 1.29 is 28.9 Å². The number of hydrogen-bond donors (Lipinski definition) is 1. The van der Waals surface area contributed by atoms with Crippen LogP contribution in [0, 0.1) is 39.9 Å². The molecule has 168 valence electrons. The average molecular weight is 421 g/mol. The molecular formula is C24H36O6. The maximum atomic E-state index is 12.7. The van der Waals surface area contributed by atoms with E-state index in [4.69, 9.17) is 14.2 Å². The molecule has 5 fully saturated rings. The molecule has 2 heterocycles. The van der Waals surface area contributed by atoms with E-state index in [0.717, 1.165) is 44.9 Å². The second kappa shape index (κ2) is 6.68. The van der Waals surface area contributed by atoms with Crippen LogP contribution in [0.1, 0.15) is 79.1 Å². The van der Waals surface area contributed by atoms with E-state index in [9.17, 15) is 14.7 Å². The second-order valence-corrected chi connectivity index (χ2v) is 11.4. The van der Waals surface area contributed by atoms with Gasteiger partial charge in [0.15, 0.2) is 6.29 Å². The van der Waals surface area contributed by atoms with Crippen LogP contribution in [0.15, 0.2) is 0 Å². The first-order valence-corrected chi connectivity index (χ1v) is 11.9. The number of aliphatic hydroxyl groups excluding tert-OH is 1. The van der Waals surface area contributed by atoms with E-state index < -0.39 is 24.1 Å². The Morgan fingerprint density at radius 2 is 1.97 bits per heavy atom. The van der Waals surface area contributed by atoms with Gasteiger partial charge in [0.2, 0.25) is 6.29 Å². The highest BCUT2D eigenvalue weighted by atomic mass is 16.8. The molecule has 3 aliphatic carbocycles. The molecule has 30 heavy (non-hydrogen) atoms. The lowest BCUT2D eigenvalue weighted by Crippen LogP contribution is -2.68. The Morgan fingerprint density at radius 1 is 1.20 bits per heavy atom. The summed E-state index contributed by atoms with van der Waals surface area (Å²) in [4.78, 5) is 25.3. The number of fused-ring (bicyclic) bond motifs is 2. The van der Waals surface area contributed by atoms with Gasteiger partial charge in [0.1, 0.15) is 6.10 Å². The van der Waals surface area contributed by atoms with E-state index in [2.05, 4.69) is 20.8 Å². The van der Waals surface area contributed by atoms with Crippen LogP contribution in [-0.4, -0.2) is 35.7 Å². The smallest absolute Gasteiger partial charge is 0.311 e. The molecule has 0 aromatic heterocycles. The van der Waals surface area contributed by atoms with Crippen LogP contribution in [-0.2, 0) is 23.8 Å². The van der Waals surface area contributed by atoms with Gasteiger partial charge < -0.3 is 19.3 Å². The van der Waals surface area contributed by atoms with Gasteiger partial charge in [-0.05, 0) is 61.2 Å². The van der Waals surface area contributed by atoms with E-state index >= 15 is 0 Å². The number of carbonyl (C=O) groups excluding carboxylic acids is 2. The number of rotatable bonds is 3. The molecule has 0 amide bonds. The van der Waals surface area contributed by atoms with E-state index in [0.29, 0.717) is 12.3 Å². The van der Waals surface area contributed by atoms with Crippen LogP contribution in [0.5, 0.6) is 0 Å². The summed E-state index contributed by atoms with van der Waals surface area (Å²) in [6, 6.07) is 0. The highest BCUT2D eigenvalue weighted by Crippen LogP contribution is 2.73. The van der Waals surface area contributed by atoms with Gasteiger partial charge in [-0.15, -0.1) is 0 Å². The summed E-state index contributed by atoms with van der Waals surface area (Å²) in [7, 11) is 0. The van der Waals surface area contributed by atoms with Crippen molar-refractivity contribution in [3.63, 3.8) is 0 Å². The topological polar surface area (TPSA) is 82.1 Å². The summed E-state index contributed by atoms with van der Waals surface area (Å²) < 4.78 is 17.6. The fourth-order valence-corrected chi connectivity index (χ4v) is 8.68. The van der Waals surface area contributed by atoms with Crippen LogP contribution in [0.4, 0.5) is 0 Å². The third-order valence-electron chi connectivity index (χ3n) is 9.71. The van der Waals surface area contributed by atoms with Gasteiger partial charge in [-0.3, -0.25) is 9.59 Å². The minimum absolute atomic E-state index is 0.0191. The molecule has 9 atom stereocenters. The maximum absolute atomic E-state index is 12.7. The van der Waals surface area contributed by atoms with Gasteiger partial charge in [0, 0.05) is 12.3 Å². The zero-order chi connectivity index (χ0) is 21.5. The summed E-state index contributed by atoms with van der Waals surface area (Å²) in [5.74, 6) is -0.401. The standard InChI is InChI=1S/C24H36O6/c1-5-7-17(25)28-16-12-15-22(2,3)10-6-11-23(15,4)14-9-8-13-18-20(29-19(13)26)30-21(27)24(14,16)18/h13-16,18,20-21,27H,5-12H2,1-4H3/t13-,14-,15+,16-,18+,20+,21-,23-,24?/m1/s1. The molecule has 5 rings (SSSR count). The SMILES string of the molecule is CCCC(=O)O[C@@H]1C[C@H]2C(C)(C)CCC[C@]2(C)[C@H]2CC[C@H]3C(=O)O[C@H]4O[C@@H](O)C12[C@H]43. The maximum Gasteiger partial charge on any atom is 0.311 e. The molecule has 1 unspecified atom stereocenters. The Kier molecular flexibility index (Phi) is 4.62. The van der Waals surface area contributed by atoms with Crippen molar-refractivity contribution in [2.75, 3.05) is 0 Å². The zero-order valence-corrected chi connectivity index (χ0v) is 18.7. The Balaban J connectivity index is 1.64. The van der Waals surface area contributed by atoms with Crippen LogP contribution in [0.3, 0.4) is 0 Å². The van der Waals surface area contributed by atoms with Gasteiger partial charge in [0.25, 0.3) is 0 Å². The number of ether oxygens (including phenoxy) is 3. The molecule has 6 heteroatoms. The van der Waals surface area contributed by atoms with Gasteiger partial charge in [0.05, 0.1) is 11.3 Å². The molecule has 0 aromatic carbocycles. The number of aliphatic hydroxyl groups is 1. The largest absolute Gasteiger partial charge is 0.462 e. The van der Waals surface area contributed by atoms with Crippen LogP contribution >= 0.6 is 0 Å². The van der Waals surface area contributed by atoms with Crippen molar-refractivity contribution >= 4 is 11.9 Å². The lowest BCUT2D eigenvalue weighted by atomic mass is 9.37. The predicted octanol–water partition coefficient (Wildman–Crippen LogP) is 3.79. The third kappa shape index (κ3) is 2.49. The molecule has 0 radical (unpaired) electrons. The molecule has 3 saturated carbocycles. The zero-order valence-electron chi connectivity index (χ0n) is 18.7. The molecule has 0 aromatic rings. The first-order chi connectivity index (χ1) is 14.2. The summed E-state index contributed by atoms with van der Waals surface area (Å²) in [5.41, 5.74) is -0.597. The lowest BCUT2D eigenvalue weighted by molar-refractivity contribution is -0.279. The summed E-state index contributed by atoms with van der Waals surface area (Å²) in [6.45, 7) is 9.04. The first-order valence-electron chi connectivity index (χ1n) is 11.9. The van der Waals surface area contributed by atoms with E-state index in [1.54, 1.807) is 0 Å². The summed E-state index contributed by atoms with van der Waals surface area (Å²) in [5, 5.41) is 11.4. The van der Waals surface area contributed by atoms with E-state index in [1.807, 2.05) is 6.92 Å². The Morgan fingerprint density at radius 3 is 2.70 bits per heavy atom. The molecule has 1 N–H and O–H groups in total. The average Bonchev–Trinajstić information content (AvgIpc) is 3.13. The van der Waals surface area contributed by atoms with Crippen LogP contribution in [0.2, 0.25) is 0 Å². The molecule has 0 bridgehead atoms. The molecule has 2 aliphatic heterocycles. The van der Waals surface area contributed by atoms with Gasteiger partial charge in [-0.25, -0.2) is 0 Å². The molecule has 6 nitrogen and oxygen atoms in total. The monoisotopic (exact) mass is 420 g/mol. The summed E-state index contributed by atoms with van der Waals surface area (Å²) >= 11 is 0. The quantitative estimate of drug-likeness (QED) is 0.700. The Bertz CT molecular complexity index is 748. The van der Waals surface area contributed by atoms with Crippen molar-refractivity contribution in [3.05, 3.63) is 0 Å². The van der Waals surface area contributed by atoms with Crippen molar-refractivity contribution in [2.45, 2.75) is 97.7 Å². The van der Waals surface area contributed by atoms with Gasteiger partial charge in [-0.1, -0.05) is 34.1 Å². The highest BCUT2D eigenvalue weighted by molar-refractivity contribution is 5.76. The number of carbonyl (C=O) groups is 2. The van der Waals surface area contributed by atoms with Crippen molar-refractivity contribution in [3.8, 4) is 0 Å². The number of hydrogen-bond acceptors (Lipinski definition) is 6. The van der Waals surface area contributed by atoms with Crippen LogP contribution < -0.4 is 0 Å². The lowest BCUT2D eigenvalue weighted by Gasteiger charge is -2.67. The fraction of sp³-hybridized carbons (Fsp3) is 0.917. The minimum Gasteiger partial charge on any atom is -0.462 e. The van der Waals surface area contributed by atoms with E-state index in [1.165, 1.54) is 0 Å². The fourth-order valence-electron chi connectivity index (χ4n) is 8.68. The molecule has 2 saturated heterocycles. The van der Waals surface area contributed by atoms with Crippen molar-refractivity contribution in [1.82, 2.24) is 0 Å². The first kappa shape index (κ1) is 20.7. The molecule has 5 aliphatic rings. The van der Waals surface area contributed by atoms with Gasteiger partial charge in [-0.2, -0.15) is 0 Å².